The van der Waals surface area contributed by atoms with Gasteiger partial charge in [0.05, 0.1) is 23.7 Å². The number of hydrogen-bond donors (Lipinski definition) is 0. The molecule has 0 aliphatic carbocycles. The Bertz CT molecular complexity index is 1140. The van der Waals surface area contributed by atoms with E-state index in [1.54, 1.807) is 32.4 Å². The first-order valence-electron chi connectivity index (χ1n) is 10.2. The minimum atomic E-state index is -0.566. The summed E-state index contributed by atoms with van der Waals surface area (Å²) in [6, 6.07) is 11.8. The minimum Gasteiger partial charge on any atom is -0.497 e. The van der Waals surface area contributed by atoms with E-state index in [2.05, 4.69) is 4.90 Å². The van der Waals surface area contributed by atoms with Gasteiger partial charge in [0.1, 0.15) is 5.75 Å². The lowest BCUT2D eigenvalue weighted by molar-refractivity contribution is -0.137. The number of carbonyl (C=O) groups is 2. The minimum absolute atomic E-state index is 0.116. The van der Waals surface area contributed by atoms with Crippen molar-refractivity contribution in [3.8, 4) is 5.75 Å². The molecule has 2 aromatic carbocycles. The van der Waals surface area contributed by atoms with Gasteiger partial charge in [-0.3, -0.25) is 9.69 Å². The number of anilines is 1. The number of ether oxygens (including phenoxy) is 1. The van der Waals surface area contributed by atoms with Gasteiger partial charge in [-0.1, -0.05) is 35.3 Å². The smallest absolute Gasteiger partial charge is 0.328 e. The number of halogens is 2. The average molecular weight is 474 g/mol. The second kappa shape index (κ2) is 7.86. The van der Waals surface area contributed by atoms with Crippen LogP contribution >= 0.6 is 23.2 Å². The Morgan fingerprint density at radius 2 is 1.91 bits per heavy atom. The summed E-state index contributed by atoms with van der Waals surface area (Å²) < 4.78 is 5.34. The van der Waals surface area contributed by atoms with Gasteiger partial charge in [-0.05, 0) is 29.8 Å². The molecule has 2 unspecified atom stereocenters. The molecule has 32 heavy (non-hydrogen) atoms. The number of fused-ring (bicyclic) bond motifs is 3. The largest absolute Gasteiger partial charge is 0.497 e. The van der Waals surface area contributed by atoms with Crippen molar-refractivity contribution >= 4 is 46.8 Å². The van der Waals surface area contributed by atoms with Crippen LogP contribution in [0.25, 0.3) is 0 Å². The van der Waals surface area contributed by atoms with Gasteiger partial charge < -0.3 is 19.4 Å². The van der Waals surface area contributed by atoms with Crippen molar-refractivity contribution in [3.63, 3.8) is 0 Å². The zero-order chi connectivity index (χ0) is 22.6. The van der Waals surface area contributed by atoms with Crippen LogP contribution in [0.2, 0.25) is 10.0 Å². The van der Waals surface area contributed by atoms with Gasteiger partial charge in [0.2, 0.25) is 5.96 Å². The number of hydrogen-bond acceptors (Lipinski definition) is 6. The standard InChI is InChI=1S/C22H21Cl2N5O3/c1-26-19-18(20(30)29(22(26)31)12-13-6-7-16(23)17(24)10-13)28-9-8-27(21(28)25-19)14-4-3-5-15(11-14)32-2/h3-7,10-11,18-19H,8-9,12H2,1-2H3. The maximum atomic E-state index is 13.5. The molecule has 2 aromatic rings. The average Bonchev–Trinajstić information content (AvgIpc) is 3.37. The van der Waals surface area contributed by atoms with Crippen LogP contribution in [0.15, 0.2) is 47.5 Å². The molecule has 2 fully saturated rings. The molecule has 3 aliphatic heterocycles. The second-order valence-electron chi connectivity index (χ2n) is 7.90. The van der Waals surface area contributed by atoms with Gasteiger partial charge in [0.25, 0.3) is 5.91 Å². The maximum Gasteiger partial charge on any atom is 0.328 e. The lowest BCUT2D eigenvalue weighted by Crippen LogP contribution is -2.64. The van der Waals surface area contributed by atoms with Crippen LogP contribution in [0.3, 0.4) is 0 Å². The van der Waals surface area contributed by atoms with E-state index < -0.39 is 12.2 Å². The number of carbonyl (C=O) groups excluding carboxylic acids is 2. The van der Waals surface area contributed by atoms with E-state index in [0.29, 0.717) is 29.1 Å². The third kappa shape index (κ3) is 3.25. The van der Waals surface area contributed by atoms with Gasteiger partial charge in [-0.15, -0.1) is 0 Å². The molecule has 0 saturated carbocycles. The molecule has 0 radical (unpaired) electrons. The Balaban J connectivity index is 1.43. The number of rotatable bonds is 4. The maximum absolute atomic E-state index is 13.5. The summed E-state index contributed by atoms with van der Waals surface area (Å²) in [6.07, 6.45) is -0.566. The highest BCUT2D eigenvalue weighted by Gasteiger charge is 2.54. The van der Waals surface area contributed by atoms with Crippen LogP contribution in [-0.2, 0) is 11.3 Å². The van der Waals surface area contributed by atoms with Gasteiger partial charge >= 0.3 is 6.03 Å². The van der Waals surface area contributed by atoms with Crippen LogP contribution in [0.1, 0.15) is 5.56 Å². The fourth-order valence-electron chi connectivity index (χ4n) is 4.43. The molecule has 166 valence electrons. The summed E-state index contributed by atoms with van der Waals surface area (Å²) in [4.78, 5) is 38.1. The first-order valence-corrected chi connectivity index (χ1v) is 10.9. The van der Waals surface area contributed by atoms with E-state index in [-0.39, 0.29) is 18.5 Å². The van der Waals surface area contributed by atoms with Crippen molar-refractivity contribution in [1.29, 1.82) is 0 Å². The monoisotopic (exact) mass is 473 g/mol. The predicted molar refractivity (Wildman–Crippen MR) is 122 cm³/mol. The molecular weight excluding hydrogens is 453 g/mol. The van der Waals surface area contributed by atoms with E-state index in [4.69, 9.17) is 32.9 Å². The Morgan fingerprint density at radius 1 is 1.09 bits per heavy atom. The summed E-state index contributed by atoms with van der Waals surface area (Å²) in [5.74, 6) is 1.17. The highest BCUT2D eigenvalue weighted by molar-refractivity contribution is 6.42. The zero-order valence-corrected chi connectivity index (χ0v) is 19.0. The molecule has 0 spiro atoms. The highest BCUT2D eigenvalue weighted by atomic mass is 35.5. The summed E-state index contributed by atoms with van der Waals surface area (Å²) in [7, 11) is 3.30. The number of aliphatic imine (C=N–C) groups is 1. The van der Waals surface area contributed by atoms with E-state index >= 15 is 0 Å². The number of amides is 3. The van der Waals surface area contributed by atoms with E-state index in [1.807, 2.05) is 29.2 Å². The molecule has 10 heteroatoms. The molecule has 0 bridgehead atoms. The molecule has 3 aliphatic rings. The summed E-state index contributed by atoms with van der Waals surface area (Å²) in [6.45, 7) is 1.43. The lowest BCUT2D eigenvalue weighted by Gasteiger charge is -2.40. The van der Waals surface area contributed by atoms with Crippen LogP contribution in [0, 0.1) is 0 Å². The van der Waals surface area contributed by atoms with Gasteiger partial charge in [0.15, 0.2) is 12.2 Å². The molecule has 2 saturated heterocycles. The quantitative estimate of drug-likeness (QED) is 0.681. The Labute approximate surface area is 195 Å². The third-order valence-electron chi connectivity index (χ3n) is 6.07. The number of nitrogens with zero attached hydrogens (tertiary/aromatic N) is 5. The Morgan fingerprint density at radius 3 is 2.66 bits per heavy atom. The van der Waals surface area contributed by atoms with Crippen LogP contribution in [0.4, 0.5) is 10.5 Å². The van der Waals surface area contributed by atoms with Gasteiger partial charge in [-0.25, -0.2) is 9.79 Å². The number of methoxy groups -OCH3 is 1. The lowest BCUT2D eigenvalue weighted by atomic mass is 10.1. The number of benzene rings is 2. The third-order valence-corrected chi connectivity index (χ3v) is 6.81. The topological polar surface area (TPSA) is 68.7 Å². The number of urea groups is 1. The van der Waals surface area contributed by atoms with E-state index in [1.165, 1.54) is 9.80 Å². The zero-order valence-electron chi connectivity index (χ0n) is 17.5. The molecule has 8 nitrogen and oxygen atoms in total. The Kier molecular flexibility index (Phi) is 5.14. The van der Waals surface area contributed by atoms with Crippen molar-refractivity contribution in [3.05, 3.63) is 58.1 Å². The SMILES string of the molecule is COc1cccc(N2CCN3C2=NC2C3C(=O)N(Cc3ccc(Cl)c(Cl)c3)C(=O)N2C)c1. The first-order chi connectivity index (χ1) is 15.4. The number of imide groups is 1. The first kappa shape index (κ1) is 20.9. The summed E-state index contributed by atoms with van der Waals surface area (Å²) in [5, 5.41) is 0.805. The van der Waals surface area contributed by atoms with Crippen molar-refractivity contribution in [1.82, 2.24) is 14.7 Å². The highest BCUT2D eigenvalue weighted by Crippen LogP contribution is 2.35. The predicted octanol–water partition coefficient (Wildman–Crippen LogP) is 3.28. The van der Waals surface area contributed by atoms with Gasteiger partial charge in [-0.2, -0.15) is 0 Å². The second-order valence-corrected chi connectivity index (χ2v) is 8.71. The fourth-order valence-corrected chi connectivity index (χ4v) is 4.75. The molecule has 5 rings (SSSR count). The molecule has 0 aromatic heterocycles. The Hall–Kier alpha value is -2.97. The normalized spacial score (nSPS) is 22.3. The van der Waals surface area contributed by atoms with Crippen molar-refractivity contribution in [2.45, 2.75) is 18.8 Å². The van der Waals surface area contributed by atoms with E-state index in [9.17, 15) is 9.59 Å². The van der Waals surface area contributed by atoms with Crippen LogP contribution in [-0.4, -0.2) is 72.1 Å². The van der Waals surface area contributed by atoms with Crippen molar-refractivity contribution in [2.75, 3.05) is 32.1 Å². The fraction of sp³-hybridized carbons (Fsp3) is 0.318. The summed E-state index contributed by atoms with van der Waals surface area (Å²) >= 11 is 12.1. The molecule has 0 N–H and O–H groups in total. The van der Waals surface area contributed by atoms with Crippen LogP contribution in [0.5, 0.6) is 5.75 Å². The summed E-state index contributed by atoms with van der Waals surface area (Å²) in [5.41, 5.74) is 1.66. The molecule has 3 amide bonds. The number of likely N-dealkylation sites (N-methyl/N-ethyl adjacent to an activating group) is 1. The van der Waals surface area contributed by atoms with Crippen molar-refractivity contribution < 1.29 is 14.3 Å². The van der Waals surface area contributed by atoms with Crippen LogP contribution < -0.4 is 9.64 Å². The van der Waals surface area contributed by atoms with Crippen molar-refractivity contribution in [2.24, 2.45) is 4.99 Å². The molecule has 2 atom stereocenters. The van der Waals surface area contributed by atoms with E-state index in [0.717, 1.165) is 17.0 Å². The van der Waals surface area contributed by atoms with Gasteiger partial charge in [0, 0.05) is 31.9 Å². The number of guanidine groups is 1. The molecular formula is C22H21Cl2N5O3. The molecule has 3 heterocycles.